The molecule has 1 unspecified atom stereocenters. The summed E-state index contributed by atoms with van der Waals surface area (Å²) in [6.07, 6.45) is 3.16. The Balaban J connectivity index is 1.60. The molecule has 1 saturated heterocycles. The highest BCUT2D eigenvalue weighted by atomic mass is 16.5. The van der Waals surface area contributed by atoms with Gasteiger partial charge in [0.15, 0.2) is 0 Å². The molecule has 1 fully saturated rings. The van der Waals surface area contributed by atoms with Crippen molar-refractivity contribution in [2.45, 2.75) is 24.3 Å². The molecule has 1 amide bonds. The van der Waals surface area contributed by atoms with Crippen LogP contribution in [0.5, 0.6) is 0 Å². The number of benzene rings is 2. The average molecular weight is 363 g/mol. The number of fused-ring (bicyclic) bond motifs is 1. The van der Waals surface area contributed by atoms with E-state index in [1.54, 1.807) is 0 Å². The number of amides is 1. The fraction of sp³-hybridized carbons (Fsp3) is 0.318. The van der Waals surface area contributed by atoms with Gasteiger partial charge in [-0.05, 0) is 30.0 Å². The van der Waals surface area contributed by atoms with E-state index < -0.39 is 5.54 Å². The molecule has 0 saturated carbocycles. The zero-order valence-corrected chi connectivity index (χ0v) is 15.3. The normalized spacial score (nSPS) is 17.5. The maximum absolute atomic E-state index is 12.8. The number of aromatic amines is 1. The molecule has 0 spiro atoms. The highest BCUT2D eigenvalue weighted by Gasteiger charge is 2.36. The zero-order chi connectivity index (χ0) is 18.7. The lowest BCUT2D eigenvalue weighted by Gasteiger charge is -2.32. The monoisotopic (exact) mass is 363 g/mol. The average Bonchev–Trinajstić information content (AvgIpc) is 3.13. The van der Waals surface area contributed by atoms with E-state index in [0.29, 0.717) is 32.6 Å². The quantitative estimate of drug-likeness (QED) is 0.652. The lowest BCUT2D eigenvalue weighted by molar-refractivity contribution is -0.129. The minimum absolute atomic E-state index is 0.0507. The van der Waals surface area contributed by atoms with Crippen molar-refractivity contribution in [2.24, 2.45) is 5.73 Å². The first-order valence-electron chi connectivity index (χ1n) is 9.43. The molecule has 4 rings (SSSR count). The van der Waals surface area contributed by atoms with Gasteiger partial charge in [0.05, 0.1) is 5.54 Å². The van der Waals surface area contributed by atoms with Crippen LogP contribution in [-0.4, -0.2) is 36.2 Å². The SMILES string of the molecule is NC1(C(=O)NCC(c2ccccc2)c2c[nH]c3ccccc23)CCOCC1. The van der Waals surface area contributed by atoms with Crippen LogP contribution in [0.2, 0.25) is 0 Å². The molecule has 5 nitrogen and oxygen atoms in total. The first kappa shape index (κ1) is 17.8. The van der Waals surface area contributed by atoms with Gasteiger partial charge in [-0.25, -0.2) is 0 Å². The number of hydrogen-bond donors (Lipinski definition) is 3. The number of nitrogens with one attached hydrogen (secondary N) is 2. The topological polar surface area (TPSA) is 80.1 Å². The predicted molar refractivity (Wildman–Crippen MR) is 107 cm³/mol. The Morgan fingerprint density at radius 2 is 1.81 bits per heavy atom. The van der Waals surface area contributed by atoms with Gasteiger partial charge in [0.2, 0.25) is 5.91 Å². The molecule has 0 bridgehead atoms. The summed E-state index contributed by atoms with van der Waals surface area (Å²) >= 11 is 0. The van der Waals surface area contributed by atoms with Crippen molar-refractivity contribution >= 4 is 16.8 Å². The molecular formula is C22H25N3O2. The Kier molecular flexibility index (Phi) is 4.97. The highest BCUT2D eigenvalue weighted by molar-refractivity contribution is 5.87. The number of hydrogen-bond acceptors (Lipinski definition) is 3. The Hall–Kier alpha value is -2.63. The van der Waals surface area contributed by atoms with Crippen LogP contribution in [0.3, 0.4) is 0 Å². The molecule has 2 heterocycles. The van der Waals surface area contributed by atoms with Crippen molar-refractivity contribution in [3.63, 3.8) is 0 Å². The number of rotatable bonds is 5. The lowest BCUT2D eigenvalue weighted by atomic mass is 9.88. The van der Waals surface area contributed by atoms with Gasteiger partial charge < -0.3 is 20.8 Å². The molecule has 4 N–H and O–H groups in total. The molecule has 5 heteroatoms. The first-order valence-corrected chi connectivity index (χ1v) is 9.43. The third-order valence-electron chi connectivity index (χ3n) is 5.50. The minimum atomic E-state index is -0.834. The first-order chi connectivity index (χ1) is 13.2. The Morgan fingerprint density at radius 1 is 1.11 bits per heavy atom. The van der Waals surface area contributed by atoms with Crippen LogP contribution in [0.15, 0.2) is 60.8 Å². The van der Waals surface area contributed by atoms with Gasteiger partial charge in [0.25, 0.3) is 0 Å². The van der Waals surface area contributed by atoms with Crippen molar-refractivity contribution < 1.29 is 9.53 Å². The van der Waals surface area contributed by atoms with Crippen LogP contribution in [0.1, 0.15) is 29.9 Å². The largest absolute Gasteiger partial charge is 0.381 e. The molecule has 1 aliphatic rings. The van der Waals surface area contributed by atoms with Crippen LogP contribution >= 0.6 is 0 Å². The van der Waals surface area contributed by atoms with E-state index in [4.69, 9.17) is 10.5 Å². The summed E-state index contributed by atoms with van der Waals surface area (Å²) < 4.78 is 5.35. The van der Waals surface area contributed by atoms with E-state index in [-0.39, 0.29) is 11.8 Å². The summed E-state index contributed by atoms with van der Waals surface area (Å²) in [4.78, 5) is 16.1. The molecule has 140 valence electrons. The van der Waals surface area contributed by atoms with Crippen molar-refractivity contribution in [1.29, 1.82) is 0 Å². The van der Waals surface area contributed by atoms with Gasteiger partial charge in [-0.2, -0.15) is 0 Å². The van der Waals surface area contributed by atoms with E-state index in [9.17, 15) is 4.79 Å². The molecule has 3 aromatic rings. The molecular weight excluding hydrogens is 338 g/mol. The number of ether oxygens (including phenoxy) is 1. The molecule has 1 aromatic heterocycles. The number of carbonyl (C=O) groups is 1. The van der Waals surface area contributed by atoms with E-state index >= 15 is 0 Å². The molecule has 1 atom stereocenters. The van der Waals surface area contributed by atoms with Gasteiger partial charge in [0, 0.05) is 42.8 Å². The summed E-state index contributed by atoms with van der Waals surface area (Å²) in [5, 5.41) is 4.29. The van der Waals surface area contributed by atoms with Crippen molar-refractivity contribution in [2.75, 3.05) is 19.8 Å². The second-order valence-electron chi connectivity index (χ2n) is 7.23. The second kappa shape index (κ2) is 7.55. The van der Waals surface area contributed by atoms with Gasteiger partial charge in [0.1, 0.15) is 0 Å². The number of carbonyl (C=O) groups excluding carboxylic acids is 1. The maximum atomic E-state index is 12.8. The van der Waals surface area contributed by atoms with Crippen molar-refractivity contribution in [1.82, 2.24) is 10.3 Å². The smallest absolute Gasteiger partial charge is 0.240 e. The maximum Gasteiger partial charge on any atom is 0.240 e. The Morgan fingerprint density at radius 3 is 2.59 bits per heavy atom. The Labute approximate surface area is 158 Å². The predicted octanol–water partition coefficient (Wildman–Crippen LogP) is 2.92. The van der Waals surface area contributed by atoms with Crippen LogP contribution < -0.4 is 11.1 Å². The van der Waals surface area contributed by atoms with Crippen LogP contribution in [0, 0.1) is 0 Å². The summed E-state index contributed by atoms with van der Waals surface area (Å²) in [6, 6.07) is 18.5. The number of para-hydroxylation sites is 1. The van der Waals surface area contributed by atoms with Crippen LogP contribution in [-0.2, 0) is 9.53 Å². The fourth-order valence-corrected chi connectivity index (χ4v) is 3.81. The lowest BCUT2D eigenvalue weighted by Crippen LogP contribution is -2.57. The number of nitrogens with two attached hydrogens (primary N) is 1. The Bertz CT molecular complexity index is 913. The zero-order valence-electron chi connectivity index (χ0n) is 15.3. The molecule has 0 aliphatic carbocycles. The molecule has 2 aromatic carbocycles. The minimum Gasteiger partial charge on any atom is -0.381 e. The summed E-state index contributed by atoms with van der Waals surface area (Å²) in [5.74, 6) is -0.0405. The van der Waals surface area contributed by atoms with Crippen LogP contribution in [0.4, 0.5) is 0 Å². The van der Waals surface area contributed by atoms with Gasteiger partial charge in [-0.1, -0.05) is 48.5 Å². The van der Waals surface area contributed by atoms with E-state index in [2.05, 4.69) is 34.6 Å². The second-order valence-corrected chi connectivity index (χ2v) is 7.23. The number of aromatic nitrogens is 1. The van der Waals surface area contributed by atoms with Crippen molar-refractivity contribution in [3.05, 3.63) is 71.9 Å². The van der Waals surface area contributed by atoms with Crippen molar-refractivity contribution in [3.8, 4) is 0 Å². The third-order valence-corrected chi connectivity index (χ3v) is 5.50. The fourth-order valence-electron chi connectivity index (χ4n) is 3.81. The summed E-state index contributed by atoms with van der Waals surface area (Å²) in [6.45, 7) is 1.58. The van der Waals surface area contributed by atoms with E-state index in [1.165, 1.54) is 16.5 Å². The van der Waals surface area contributed by atoms with Gasteiger partial charge in [-0.3, -0.25) is 4.79 Å². The standard InChI is InChI=1S/C22H25N3O2/c23-22(10-12-27-13-11-22)21(26)25-14-18(16-6-2-1-3-7-16)19-15-24-20-9-5-4-8-17(19)20/h1-9,15,18,24H,10-14,23H2,(H,25,26). The highest BCUT2D eigenvalue weighted by Crippen LogP contribution is 2.30. The molecule has 27 heavy (non-hydrogen) atoms. The van der Waals surface area contributed by atoms with Gasteiger partial charge in [-0.15, -0.1) is 0 Å². The van der Waals surface area contributed by atoms with E-state index in [1.807, 2.05) is 36.5 Å². The number of H-pyrrole nitrogens is 1. The van der Waals surface area contributed by atoms with Crippen LogP contribution in [0.25, 0.3) is 10.9 Å². The summed E-state index contributed by atoms with van der Waals surface area (Å²) in [7, 11) is 0. The molecule has 0 radical (unpaired) electrons. The van der Waals surface area contributed by atoms with E-state index in [0.717, 1.165) is 5.52 Å². The molecule has 1 aliphatic heterocycles. The summed E-state index contributed by atoms with van der Waals surface area (Å²) in [5.41, 5.74) is 8.94. The third kappa shape index (κ3) is 3.61. The van der Waals surface area contributed by atoms with Gasteiger partial charge >= 0.3 is 0 Å².